The van der Waals surface area contributed by atoms with Gasteiger partial charge in [0.2, 0.25) is 5.95 Å². The molecular formula is C29H34N9O3S-. The molecule has 1 fully saturated rings. The summed E-state index contributed by atoms with van der Waals surface area (Å²) in [5, 5.41) is 11.7. The average Bonchev–Trinajstić information content (AvgIpc) is 3.33. The van der Waals surface area contributed by atoms with E-state index < -0.39 is 11.1 Å². The molecule has 42 heavy (non-hydrogen) atoms. The van der Waals surface area contributed by atoms with Crippen LogP contribution in [0.1, 0.15) is 30.7 Å². The molecule has 5 rings (SSSR count). The van der Waals surface area contributed by atoms with Gasteiger partial charge < -0.3 is 25.0 Å². The molecule has 2 N–H and O–H groups in total. The quantitative estimate of drug-likeness (QED) is 0.169. The molecule has 4 aromatic rings. The third-order valence-electron chi connectivity index (χ3n) is 7.12. The summed E-state index contributed by atoms with van der Waals surface area (Å²) in [5.74, 6) is 3.13. The minimum atomic E-state index is -2.31. The summed E-state index contributed by atoms with van der Waals surface area (Å²) >= 11 is -2.31. The number of anilines is 3. The minimum absolute atomic E-state index is 0.0271. The summed E-state index contributed by atoms with van der Waals surface area (Å²) in [6.07, 6.45) is 3.30. The predicted octanol–water partition coefficient (Wildman–Crippen LogP) is 1.76. The van der Waals surface area contributed by atoms with Gasteiger partial charge in [-0.05, 0) is 50.1 Å². The summed E-state index contributed by atoms with van der Waals surface area (Å²) in [5.41, 5.74) is 3.30. The molecule has 1 atom stereocenters. The van der Waals surface area contributed by atoms with Gasteiger partial charge >= 0.3 is 0 Å². The van der Waals surface area contributed by atoms with Crippen LogP contribution in [0.2, 0.25) is 0 Å². The maximum atomic E-state index is 13.8. The van der Waals surface area contributed by atoms with E-state index in [0.717, 1.165) is 50.6 Å². The SMILES string of the molecule is CCN(C#Cc1cc2cnc(Nc3ccc(N4CCNCC4)cc3)nc2n(Cc2nn(C)cc2CS(=O)[O-])c1=O)CC. The van der Waals surface area contributed by atoms with Crippen molar-refractivity contribution in [2.75, 3.05) is 49.5 Å². The molecule has 1 aliphatic heterocycles. The fraction of sp³-hybridized carbons (Fsp3) is 0.379. The topological polar surface area (TPSA) is 136 Å². The van der Waals surface area contributed by atoms with Gasteiger partial charge in [-0.25, -0.2) is 4.98 Å². The molecule has 0 aliphatic carbocycles. The van der Waals surface area contributed by atoms with Gasteiger partial charge in [-0.1, -0.05) is 11.1 Å². The van der Waals surface area contributed by atoms with Crippen molar-refractivity contribution in [2.24, 2.45) is 7.05 Å². The third kappa shape index (κ3) is 6.79. The van der Waals surface area contributed by atoms with Gasteiger partial charge in [0.05, 0.1) is 17.8 Å². The van der Waals surface area contributed by atoms with Crippen LogP contribution in [0.25, 0.3) is 11.0 Å². The fourth-order valence-electron chi connectivity index (χ4n) is 4.90. The van der Waals surface area contributed by atoms with Gasteiger partial charge in [0.1, 0.15) is 5.65 Å². The first kappa shape index (κ1) is 29.2. The Morgan fingerprint density at radius 3 is 2.60 bits per heavy atom. The van der Waals surface area contributed by atoms with Crippen molar-refractivity contribution in [1.29, 1.82) is 0 Å². The Balaban J connectivity index is 1.53. The first-order valence-corrected chi connectivity index (χ1v) is 15.2. The Hall–Kier alpha value is -4.25. The summed E-state index contributed by atoms with van der Waals surface area (Å²) in [7, 11) is 1.71. The van der Waals surface area contributed by atoms with Crippen LogP contribution >= 0.6 is 0 Å². The van der Waals surface area contributed by atoms with Crippen LogP contribution in [0.3, 0.4) is 0 Å². The Kier molecular flexibility index (Phi) is 9.16. The first-order valence-electron chi connectivity index (χ1n) is 13.9. The highest BCUT2D eigenvalue weighted by atomic mass is 32.2. The molecule has 3 aromatic heterocycles. The number of hydrogen-bond donors (Lipinski definition) is 2. The number of aryl methyl sites for hydroxylation is 1. The number of fused-ring (bicyclic) bond motifs is 1. The number of hydrogen-bond acceptors (Lipinski definition) is 10. The van der Waals surface area contributed by atoms with Gasteiger partial charge in [-0.3, -0.25) is 18.3 Å². The van der Waals surface area contributed by atoms with Gasteiger partial charge in [-0.15, -0.1) is 0 Å². The van der Waals surface area contributed by atoms with E-state index in [1.807, 2.05) is 30.9 Å². The van der Waals surface area contributed by atoms with E-state index in [1.165, 1.54) is 4.57 Å². The van der Waals surface area contributed by atoms with Crippen LogP contribution in [0, 0.1) is 12.0 Å². The van der Waals surface area contributed by atoms with E-state index in [-0.39, 0.29) is 17.9 Å². The Labute approximate surface area is 247 Å². The van der Waals surface area contributed by atoms with Crippen molar-refractivity contribution >= 4 is 39.4 Å². The number of aromatic nitrogens is 5. The Morgan fingerprint density at radius 2 is 1.90 bits per heavy atom. The van der Waals surface area contributed by atoms with Gasteiger partial charge in [-0.2, -0.15) is 10.1 Å². The molecule has 12 nitrogen and oxygen atoms in total. The number of rotatable bonds is 9. The molecule has 4 heterocycles. The second-order valence-electron chi connectivity index (χ2n) is 9.96. The molecule has 0 spiro atoms. The van der Waals surface area contributed by atoms with Crippen molar-refractivity contribution in [3.8, 4) is 12.0 Å². The number of nitrogens with zero attached hydrogens (tertiary/aromatic N) is 7. The molecular weight excluding hydrogens is 554 g/mol. The van der Waals surface area contributed by atoms with Crippen molar-refractivity contribution in [2.45, 2.75) is 26.1 Å². The molecule has 1 aromatic carbocycles. The highest BCUT2D eigenvalue weighted by molar-refractivity contribution is 7.78. The smallest absolute Gasteiger partial charge is 0.268 e. The molecule has 13 heteroatoms. The fourth-order valence-corrected chi connectivity index (χ4v) is 5.39. The maximum Gasteiger partial charge on any atom is 0.268 e. The molecule has 0 saturated carbocycles. The normalized spacial score (nSPS) is 14.0. The standard InChI is InChI=1S/C29H35N9O3S/c1-4-36(5-2)13-10-21-16-22-17-31-29(32-24-6-8-25(9-7-24)37-14-11-30-12-15-37)33-27(22)38(28(21)39)19-26-23(20-42(40)41)18-35(3)34-26/h6-9,16-18,30H,4-5,11-12,14-15,19-20H2,1-3H3,(H,40,41)(H,31,32,33)/p-1. The molecule has 0 amide bonds. The first-order chi connectivity index (χ1) is 20.3. The summed E-state index contributed by atoms with van der Waals surface area (Å²) in [6.45, 7) is 9.32. The lowest BCUT2D eigenvalue weighted by Crippen LogP contribution is -2.43. The zero-order valence-electron chi connectivity index (χ0n) is 24.0. The Morgan fingerprint density at radius 1 is 1.17 bits per heavy atom. The minimum Gasteiger partial charge on any atom is -0.772 e. The van der Waals surface area contributed by atoms with Gasteiger partial charge in [0.25, 0.3) is 5.56 Å². The van der Waals surface area contributed by atoms with E-state index >= 15 is 0 Å². The zero-order chi connectivity index (χ0) is 29.6. The van der Waals surface area contributed by atoms with Crippen LogP contribution in [-0.2, 0) is 30.4 Å². The third-order valence-corrected chi connectivity index (χ3v) is 7.66. The van der Waals surface area contributed by atoms with E-state index in [1.54, 1.807) is 30.2 Å². The van der Waals surface area contributed by atoms with Crippen molar-refractivity contribution in [1.82, 2.24) is 34.5 Å². The van der Waals surface area contributed by atoms with Crippen molar-refractivity contribution in [3.05, 3.63) is 69.9 Å². The van der Waals surface area contributed by atoms with Crippen LogP contribution < -0.4 is 21.1 Å². The number of nitrogens with one attached hydrogen (secondary N) is 2. The monoisotopic (exact) mass is 588 g/mol. The second kappa shape index (κ2) is 13.2. The van der Waals surface area contributed by atoms with Gasteiger partial charge in [0, 0.05) is 92.8 Å². The number of benzene rings is 1. The lowest BCUT2D eigenvalue weighted by molar-refractivity contribution is 0.444. The summed E-state index contributed by atoms with van der Waals surface area (Å²) in [6, 6.07) is 12.8. The molecule has 0 bridgehead atoms. The van der Waals surface area contributed by atoms with E-state index in [0.29, 0.717) is 33.8 Å². The largest absolute Gasteiger partial charge is 0.772 e. The zero-order valence-corrected chi connectivity index (χ0v) is 24.8. The maximum absolute atomic E-state index is 13.8. The Bertz CT molecular complexity index is 1700. The summed E-state index contributed by atoms with van der Waals surface area (Å²) < 4.78 is 26.0. The number of piperazine rings is 1. The second-order valence-corrected chi connectivity index (χ2v) is 10.9. The molecule has 220 valence electrons. The van der Waals surface area contributed by atoms with E-state index in [4.69, 9.17) is 4.98 Å². The van der Waals surface area contributed by atoms with E-state index in [2.05, 4.69) is 49.7 Å². The van der Waals surface area contributed by atoms with E-state index in [9.17, 15) is 13.6 Å². The van der Waals surface area contributed by atoms with Crippen LogP contribution in [0.5, 0.6) is 0 Å². The highest BCUT2D eigenvalue weighted by Gasteiger charge is 2.16. The summed E-state index contributed by atoms with van der Waals surface area (Å²) in [4.78, 5) is 27.2. The number of pyridine rings is 1. The molecule has 0 radical (unpaired) electrons. The lowest BCUT2D eigenvalue weighted by Gasteiger charge is -2.29. The highest BCUT2D eigenvalue weighted by Crippen LogP contribution is 2.22. The van der Waals surface area contributed by atoms with Gasteiger partial charge in [0.15, 0.2) is 0 Å². The van der Waals surface area contributed by atoms with Crippen LogP contribution in [0.15, 0.2) is 47.5 Å². The van der Waals surface area contributed by atoms with Crippen molar-refractivity contribution in [3.63, 3.8) is 0 Å². The average molecular weight is 589 g/mol. The molecule has 1 saturated heterocycles. The molecule has 1 aliphatic rings. The van der Waals surface area contributed by atoms with Crippen LogP contribution in [-0.4, -0.2) is 77.2 Å². The lowest BCUT2D eigenvalue weighted by atomic mass is 10.2. The predicted molar refractivity (Wildman–Crippen MR) is 163 cm³/mol. The van der Waals surface area contributed by atoms with Crippen LogP contribution in [0.4, 0.5) is 17.3 Å². The van der Waals surface area contributed by atoms with Crippen molar-refractivity contribution < 1.29 is 8.76 Å². The molecule has 1 unspecified atom stereocenters.